The molecule has 1 rings (SSSR count). The lowest BCUT2D eigenvalue weighted by Crippen LogP contribution is -2.33. The summed E-state index contributed by atoms with van der Waals surface area (Å²) in [4.78, 5) is 3.97. The van der Waals surface area contributed by atoms with Crippen molar-refractivity contribution in [2.75, 3.05) is 13.6 Å². The van der Waals surface area contributed by atoms with Crippen LogP contribution in [0.15, 0.2) is 17.4 Å². The molecule has 0 bridgehead atoms. The molecule has 1 heterocycles. The minimum absolute atomic E-state index is 0.847. The maximum absolute atomic E-state index is 9.75. The van der Waals surface area contributed by atoms with Gasteiger partial charge in [-0.1, -0.05) is 0 Å². The van der Waals surface area contributed by atoms with Crippen molar-refractivity contribution >= 4 is 13.6 Å². The smallest absolute Gasteiger partial charge is 0.418 e. The minimum Gasteiger partial charge on any atom is -0.418 e. The van der Waals surface area contributed by atoms with Gasteiger partial charge in [-0.15, -0.1) is 0 Å². The van der Waals surface area contributed by atoms with Crippen molar-refractivity contribution in [3.8, 4) is 0 Å². The molecular formula is C6H11BF4N2. The highest BCUT2D eigenvalue weighted by atomic mass is 19.5. The van der Waals surface area contributed by atoms with Crippen molar-refractivity contribution in [2.24, 2.45) is 4.99 Å². The third-order valence-corrected chi connectivity index (χ3v) is 1.51. The van der Waals surface area contributed by atoms with Crippen LogP contribution in [-0.4, -0.2) is 31.7 Å². The number of hydrogen-bond donors (Lipinski definition) is 0. The summed E-state index contributed by atoms with van der Waals surface area (Å²) in [6.45, 7) is 3.22. The van der Waals surface area contributed by atoms with Gasteiger partial charge in [0.05, 0.1) is 19.8 Å². The van der Waals surface area contributed by atoms with E-state index in [2.05, 4.69) is 25.2 Å². The van der Waals surface area contributed by atoms with Gasteiger partial charge in [0.15, 0.2) is 6.34 Å². The lowest BCUT2D eigenvalue weighted by molar-refractivity contribution is -0.753. The first-order valence-corrected chi connectivity index (χ1v) is 3.71. The van der Waals surface area contributed by atoms with Crippen LogP contribution in [0.2, 0.25) is 0 Å². The highest BCUT2D eigenvalue weighted by molar-refractivity contribution is 6.50. The molecule has 0 amide bonds. The molecule has 1 atom stereocenters. The summed E-state index contributed by atoms with van der Waals surface area (Å²) < 4.78 is 39.8. The first-order chi connectivity index (χ1) is 5.77. The average Bonchev–Trinajstić information content (AvgIpc) is 2.34. The molecule has 0 spiro atoms. The van der Waals surface area contributed by atoms with E-state index in [1.807, 2.05) is 12.5 Å². The molecule has 0 aromatic carbocycles. The summed E-state index contributed by atoms with van der Waals surface area (Å²) in [5.41, 5.74) is 0. The average molecular weight is 198 g/mol. The topological polar surface area (TPSA) is 12.4 Å². The van der Waals surface area contributed by atoms with Crippen molar-refractivity contribution in [1.29, 1.82) is 0 Å². The van der Waals surface area contributed by atoms with Crippen LogP contribution in [0.5, 0.6) is 0 Å². The monoisotopic (exact) mass is 198 g/mol. The first-order valence-electron chi connectivity index (χ1n) is 3.71. The van der Waals surface area contributed by atoms with Gasteiger partial charge in [-0.3, -0.25) is 4.48 Å². The van der Waals surface area contributed by atoms with Crippen molar-refractivity contribution < 1.29 is 21.7 Å². The second kappa shape index (κ2) is 4.41. The second-order valence-electron chi connectivity index (χ2n) is 2.72. The number of aliphatic imine (C=N–C) groups is 1. The molecule has 2 nitrogen and oxygen atoms in total. The van der Waals surface area contributed by atoms with E-state index >= 15 is 0 Å². The fourth-order valence-corrected chi connectivity index (χ4v) is 0.607. The van der Waals surface area contributed by atoms with Gasteiger partial charge < -0.3 is 17.3 Å². The van der Waals surface area contributed by atoms with Gasteiger partial charge in [0.25, 0.3) is 0 Å². The predicted molar refractivity (Wildman–Crippen MR) is 44.5 cm³/mol. The van der Waals surface area contributed by atoms with Gasteiger partial charge in [-0.25, -0.2) is 4.99 Å². The van der Waals surface area contributed by atoms with Crippen molar-refractivity contribution in [3.05, 3.63) is 12.4 Å². The normalized spacial score (nSPS) is 25.7. The molecule has 1 aliphatic rings. The summed E-state index contributed by atoms with van der Waals surface area (Å²) in [6.07, 6.45) is 5.84. The van der Waals surface area contributed by atoms with Gasteiger partial charge >= 0.3 is 7.25 Å². The van der Waals surface area contributed by atoms with Crippen LogP contribution in [0, 0.1) is 0 Å². The number of nitrogens with zero attached hydrogens (tertiary/aromatic N) is 2. The van der Waals surface area contributed by atoms with Crippen LogP contribution in [0.4, 0.5) is 17.3 Å². The zero-order chi connectivity index (χ0) is 10.5. The lowest BCUT2D eigenvalue weighted by atomic mass is 10.3. The maximum Gasteiger partial charge on any atom is 0.673 e. The number of rotatable bonds is 1. The Hall–Kier alpha value is -0.845. The van der Waals surface area contributed by atoms with E-state index in [9.17, 15) is 17.3 Å². The third-order valence-electron chi connectivity index (χ3n) is 1.51. The van der Waals surface area contributed by atoms with Crippen molar-refractivity contribution in [2.45, 2.75) is 6.92 Å². The number of quaternary nitrogens is 1. The predicted octanol–water partition coefficient (Wildman–Crippen LogP) is 2.27. The summed E-state index contributed by atoms with van der Waals surface area (Å²) in [7, 11) is -3.88. The van der Waals surface area contributed by atoms with E-state index < -0.39 is 7.25 Å². The Morgan fingerprint density at radius 2 is 1.77 bits per heavy atom. The highest BCUT2D eigenvalue weighted by Crippen LogP contribution is 2.06. The summed E-state index contributed by atoms with van der Waals surface area (Å²) in [5, 5.41) is 0. The quantitative estimate of drug-likeness (QED) is 0.348. The maximum atomic E-state index is 9.75. The molecule has 0 aliphatic carbocycles. The Morgan fingerprint density at radius 3 is 1.92 bits per heavy atom. The molecule has 76 valence electrons. The zero-order valence-corrected chi connectivity index (χ0v) is 7.42. The standard InChI is InChI=1S/C6H11N2.BF4/c1-3-8(2)5-4-7-6-8;2-1(3,4)5/h4-6H,3H2,1-2H3;/q+1;-1. The molecule has 13 heavy (non-hydrogen) atoms. The summed E-state index contributed by atoms with van der Waals surface area (Å²) >= 11 is 0. The van der Waals surface area contributed by atoms with Crippen LogP contribution >= 0.6 is 0 Å². The summed E-state index contributed by atoms with van der Waals surface area (Å²) in [5.74, 6) is 0. The number of halogens is 4. The van der Waals surface area contributed by atoms with E-state index in [1.54, 1.807) is 0 Å². The molecule has 0 fully saturated rings. The molecular weight excluding hydrogens is 187 g/mol. The van der Waals surface area contributed by atoms with Crippen LogP contribution < -0.4 is 0 Å². The Kier molecular flexibility index (Phi) is 4.12. The molecule has 0 aromatic rings. The van der Waals surface area contributed by atoms with Gasteiger partial charge in [0.2, 0.25) is 0 Å². The van der Waals surface area contributed by atoms with E-state index in [1.165, 1.54) is 0 Å². The Bertz CT molecular complexity index is 193. The van der Waals surface area contributed by atoms with E-state index in [-0.39, 0.29) is 0 Å². The SMILES string of the molecule is CC[N+]1(C)C=CN=C1.F[B-](F)(F)F. The zero-order valence-electron chi connectivity index (χ0n) is 7.42. The molecule has 0 saturated carbocycles. The molecule has 0 aromatic heterocycles. The van der Waals surface area contributed by atoms with Crippen LogP contribution in [0.1, 0.15) is 6.92 Å². The van der Waals surface area contributed by atoms with Gasteiger partial charge in [-0.2, -0.15) is 0 Å². The van der Waals surface area contributed by atoms with E-state index in [0.29, 0.717) is 0 Å². The molecule has 1 unspecified atom stereocenters. The van der Waals surface area contributed by atoms with Gasteiger partial charge in [-0.05, 0) is 6.92 Å². The number of hydrogen-bond acceptors (Lipinski definition) is 1. The van der Waals surface area contributed by atoms with Crippen molar-refractivity contribution in [1.82, 2.24) is 0 Å². The second-order valence-corrected chi connectivity index (χ2v) is 2.72. The molecule has 1 aliphatic heterocycles. The Morgan fingerprint density at radius 1 is 1.31 bits per heavy atom. The Balaban J connectivity index is 0.000000252. The molecule has 0 radical (unpaired) electrons. The van der Waals surface area contributed by atoms with Gasteiger partial charge in [0.1, 0.15) is 6.20 Å². The highest BCUT2D eigenvalue weighted by Gasteiger charge is 2.20. The fourth-order valence-electron chi connectivity index (χ4n) is 0.607. The van der Waals surface area contributed by atoms with E-state index in [4.69, 9.17) is 0 Å². The molecule has 0 saturated heterocycles. The Labute approximate surface area is 74.3 Å². The van der Waals surface area contributed by atoms with Crippen LogP contribution in [0.3, 0.4) is 0 Å². The van der Waals surface area contributed by atoms with Crippen LogP contribution in [0.25, 0.3) is 0 Å². The summed E-state index contributed by atoms with van der Waals surface area (Å²) in [6, 6.07) is 0. The van der Waals surface area contributed by atoms with Gasteiger partial charge in [0, 0.05) is 0 Å². The molecule has 7 heteroatoms. The van der Waals surface area contributed by atoms with Crippen molar-refractivity contribution in [3.63, 3.8) is 0 Å². The van der Waals surface area contributed by atoms with E-state index in [0.717, 1.165) is 11.0 Å². The molecule has 0 N–H and O–H groups in total. The minimum atomic E-state index is -6.00. The van der Waals surface area contributed by atoms with Crippen LogP contribution in [-0.2, 0) is 0 Å². The lowest BCUT2D eigenvalue weighted by Gasteiger charge is -2.18. The largest absolute Gasteiger partial charge is 0.673 e. The fraction of sp³-hybridized carbons (Fsp3) is 0.500. The first kappa shape index (κ1) is 12.2. The third kappa shape index (κ3) is 7.51.